The van der Waals surface area contributed by atoms with E-state index in [2.05, 4.69) is 20.7 Å². The van der Waals surface area contributed by atoms with Crippen LogP contribution in [0.25, 0.3) is 11.1 Å². The maximum absolute atomic E-state index is 12.6. The highest BCUT2D eigenvalue weighted by Gasteiger charge is 2.16. The first-order valence-electron chi connectivity index (χ1n) is 5.97. The third-order valence-electron chi connectivity index (χ3n) is 3.08. The molecule has 0 fully saturated rings. The van der Waals surface area contributed by atoms with Crippen LogP contribution in [0.5, 0.6) is 5.75 Å². The SMILES string of the molecule is Cc1c(CO)cccc1-c1cccc(Br)c1OC(F)F. The van der Waals surface area contributed by atoms with Gasteiger partial charge < -0.3 is 9.84 Å². The maximum atomic E-state index is 12.6. The number of alkyl halides is 2. The quantitative estimate of drug-likeness (QED) is 0.885. The van der Waals surface area contributed by atoms with Crippen LogP contribution in [0.15, 0.2) is 40.9 Å². The van der Waals surface area contributed by atoms with Crippen LogP contribution in [-0.4, -0.2) is 11.7 Å². The molecule has 0 saturated heterocycles. The molecule has 0 bridgehead atoms. The molecule has 0 radical (unpaired) electrons. The zero-order chi connectivity index (χ0) is 14.7. The summed E-state index contributed by atoms with van der Waals surface area (Å²) in [7, 11) is 0. The van der Waals surface area contributed by atoms with Gasteiger partial charge in [-0.15, -0.1) is 0 Å². The van der Waals surface area contributed by atoms with Gasteiger partial charge in [0.05, 0.1) is 11.1 Å². The number of rotatable bonds is 4. The van der Waals surface area contributed by atoms with E-state index < -0.39 is 6.61 Å². The minimum atomic E-state index is -2.89. The van der Waals surface area contributed by atoms with E-state index in [-0.39, 0.29) is 12.4 Å². The number of ether oxygens (including phenoxy) is 1. The fraction of sp³-hybridized carbons (Fsp3) is 0.200. The van der Waals surface area contributed by atoms with Gasteiger partial charge in [0.2, 0.25) is 0 Å². The topological polar surface area (TPSA) is 29.5 Å². The van der Waals surface area contributed by atoms with Gasteiger partial charge in [-0.1, -0.05) is 30.3 Å². The highest BCUT2D eigenvalue weighted by molar-refractivity contribution is 9.10. The van der Waals surface area contributed by atoms with Crippen LogP contribution in [0, 0.1) is 6.92 Å². The summed E-state index contributed by atoms with van der Waals surface area (Å²) in [5.74, 6) is 0.0979. The molecule has 0 unspecified atom stereocenters. The Kier molecular flexibility index (Phi) is 4.73. The van der Waals surface area contributed by atoms with E-state index in [4.69, 9.17) is 0 Å². The van der Waals surface area contributed by atoms with E-state index in [0.717, 1.165) is 16.7 Å². The van der Waals surface area contributed by atoms with Gasteiger partial charge in [-0.3, -0.25) is 0 Å². The average molecular weight is 343 g/mol. The Bertz CT molecular complexity index is 615. The van der Waals surface area contributed by atoms with Crippen LogP contribution >= 0.6 is 15.9 Å². The fourth-order valence-corrected chi connectivity index (χ4v) is 2.54. The van der Waals surface area contributed by atoms with Gasteiger partial charge in [-0.05, 0) is 45.6 Å². The minimum absolute atomic E-state index is 0.0979. The van der Waals surface area contributed by atoms with Crippen molar-refractivity contribution in [3.63, 3.8) is 0 Å². The smallest absolute Gasteiger partial charge is 0.387 e. The first-order chi connectivity index (χ1) is 9.54. The summed E-state index contributed by atoms with van der Waals surface area (Å²) in [5.41, 5.74) is 2.92. The van der Waals surface area contributed by atoms with Gasteiger partial charge in [0.15, 0.2) is 0 Å². The number of benzene rings is 2. The maximum Gasteiger partial charge on any atom is 0.387 e. The van der Waals surface area contributed by atoms with Gasteiger partial charge in [-0.25, -0.2) is 0 Å². The Morgan fingerprint density at radius 1 is 1.15 bits per heavy atom. The van der Waals surface area contributed by atoms with E-state index in [1.807, 2.05) is 13.0 Å². The number of hydrogen-bond donors (Lipinski definition) is 1. The van der Waals surface area contributed by atoms with Crippen LogP contribution in [0.1, 0.15) is 11.1 Å². The second kappa shape index (κ2) is 6.33. The molecule has 0 spiro atoms. The second-order valence-electron chi connectivity index (χ2n) is 4.24. The van der Waals surface area contributed by atoms with Crippen molar-refractivity contribution in [3.8, 4) is 16.9 Å². The lowest BCUT2D eigenvalue weighted by Crippen LogP contribution is -2.04. The number of hydrogen-bond acceptors (Lipinski definition) is 2. The number of aliphatic hydroxyl groups is 1. The highest BCUT2D eigenvalue weighted by atomic mass is 79.9. The highest BCUT2D eigenvalue weighted by Crippen LogP contribution is 2.39. The summed E-state index contributed by atoms with van der Waals surface area (Å²) in [6.07, 6.45) is 0. The van der Waals surface area contributed by atoms with Crippen LogP contribution in [0.3, 0.4) is 0 Å². The van der Waals surface area contributed by atoms with Crippen molar-refractivity contribution in [1.29, 1.82) is 0 Å². The molecule has 2 aromatic carbocycles. The Morgan fingerprint density at radius 2 is 1.80 bits per heavy atom. The summed E-state index contributed by atoms with van der Waals surface area (Å²) in [6.45, 7) is -1.15. The van der Waals surface area contributed by atoms with E-state index in [9.17, 15) is 13.9 Å². The molecule has 0 atom stereocenters. The molecule has 5 heteroatoms. The molecular formula is C15H13BrF2O2. The summed E-state index contributed by atoms with van der Waals surface area (Å²) in [5, 5.41) is 9.30. The van der Waals surface area contributed by atoms with E-state index in [1.54, 1.807) is 30.3 Å². The Balaban J connectivity index is 2.61. The lowest BCUT2D eigenvalue weighted by molar-refractivity contribution is -0.0499. The summed E-state index contributed by atoms with van der Waals surface area (Å²) in [4.78, 5) is 0. The van der Waals surface area contributed by atoms with E-state index in [0.29, 0.717) is 10.0 Å². The van der Waals surface area contributed by atoms with Gasteiger partial charge in [0.25, 0.3) is 0 Å². The molecule has 0 aliphatic carbocycles. The lowest BCUT2D eigenvalue weighted by Gasteiger charge is -2.15. The molecule has 20 heavy (non-hydrogen) atoms. The summed E-state index contributed by atoms with van der Waals surface area (Å²) >= 11 is 3.23. The largest absolute Gasteiger partial charge is 0.433 e. The minimum Gasteiger partial charge on any atom is -0.433 e. The second-order valence-corrected chi connectivity index (χ2v) is 5.10. The lowest BCUT2D eigenvalue weighted by atomic mass is 9.96. The monoisotopic (exact) mass is 342 g/mol. The van der Waals surface area contributed by atoms with Crippen LogP contribution in [0.4, 0.5) is 8.78 Å². The van der Waals surface area contributed by atoms with Gasteiger partial charge >= 0.3 is 6.61 Å². The van der Waals surface area contributed by atoms with Gasteiger partial charge in [-0.2, -0.15) is 8.78 Å². The number of aliphatic hydroxyl groups excluding tert-OH is 1. The van der Waals surface area contributed by atoms with Crippen molar-refractivity contribution in [2.24, 2.45) is 0 Å². The van der Waals surface area contributed by atoms with Crippen molar-refractivity contribution >= 4 is 15.9 Å². The molecule has 106 valence electrons. The predicted octanol–water partition coefficient (Wildman–Crippen LogP) is 4.52. The molecule has 0 amide bonds. The molecule has 2 aromatic rings. The van der Waals surface area contributed by atoms with Crippen molar-refractivity contribution in [3.05, 3.63) is 52.0 Å². The average Bonchev–Trinajstić information content (AvgIpc) is 2.41. The Morgan fingerprint density at radius 3 is 2.45 bits per heavy atom. The van der Waals surface area contributed by atoms with Crippen molar-refractivity contribution < 1.29 is 18.6 Å². The molecular weight excluding hydrogens is 330 g/mol. The van der Waals surface area contributed by atoms with Crippen molar-refractivity contribution in [1.82, 2.24) is 0 Å². The molecule has 0 aliphatic rings. The van der Waals surface area contributed by atoms with Crippen molar-refractivity contribution in [2.75, 3.05) is 0 Å². The molecule has 0 saturated carbocycles. The van der Waals surface area contributed by atoms with Crippen molar-refractivity contribution in [2.45, 2.75) is 20.1 Å². The zero-order valence-electron chi connectivity index (χ0n) is 10.7. The first kappa shape index (κ1) is 14.9. The van der Waals surface area contributed by atoms with Crippen LogP contribution in [0.2, 0.25) is 0 Å². The van der Waals surface area contributed by atoms with E-state index in [1.165, 1.54) is 0 Å². The normalized spacial score (nSPS) is 10.9. The predicted molar refractivity (Wildman–Crippen MR) is 76.9 cm³/mol. The van der Waals surface area contributed by atoms with Crippen LogP contribution < -0.4 is 4.74 Å². The molecule has 0 heterocycles. The third-order valence-corrected chi connectivity index (χ3v) is 3.70. The first-order valence-corrected chi connectivity index (χ1v) is 6.77. The number of para-hydroxylation sites is 1. The molecule has 0 aliphatic heterocycles. The summed E-state index contributed by atoms with van der Waals surface area (Å²) < 4.78 is 30.2. The Hall–Kier alpha value is -1.46. The van der Waals surface area contributed by atoms with Crippen LogP contribution in [-0.2, 0) is 6.61 Å². The standard InChI is InChI=1S/C15H13BrF2O2/c1-9-10(8-19)4-2-5-11(9)12-6-3-7-13(16)14(12)20-15(17)18/h2-7,15,19H,8H2,1H3. The molecule has 0 aromatic heterocycles. The Labute approximate surface area is 124 Å². The van der Waals surface area contributed by atoms with Gasteiger partial charge in [0.1, 0.15) is 5.75 Å². The zero-order valence-corrected chi connectivity index (χ0v) is 12.3. The fourth-order valence-electron chi connectivity index (χ4n) is 2.08. The number of halogens is 3. The summed E-state index contributed by atoms with van der Waals surface area (Å²) in [6, 6.07) is 10.5. The van der Waals surface area contributed by atoms with Gasteiger partial charge in [0, 0.05) is 5.56 Å². The molecule has 2 nitrogen and oxygen atoms in total. The molecule has 2 rings (SSSR count). The van der Waals surface area contributed by atoms with E-state index >= 15 is 0 Å². The molecule has 1 N–H and O–H groups in total. The third kappa shape index (κ3) is 2.99.